The second-order valence-electron chi connectivity index (χ2n) is 7.81. The molecule has 0 fully saturated rings. The van der Waals surface area contributed by atoms with E-state index in [1.165, 1.54) is 5.56 Å². The molecular weight excluding hydrogens is 388 g/mol. The number of fused-ring (bicyclic) bond motifs is 1. The van der Waals surface area contributed by atoms with Gasteiger partial charge in [-0.1, -0.05) is 55.5 Å². The predicted octanol–water partition coefficient (Wildman–Crippen LogP) is 4.80. The minimum absolute atomic E-state index is 0.0613. The average molecular weight is 415 g/mol. The van der Waals surface area contributed by atoms with Crippen LogP contribution in [0.3, 0.4) is 0 Å². The summed E-state index contributed by atoms with van der Waals surface area (Å²) in [5, 5.41) is 8.34. The van der Waals surface area contributed by atoms with Gasteiger partial charge in [-0.15, -0.1) is 5.10 Å². The molecule has 0 spiro atoms. The molecule has 6 heteroatoms. The fourth-order valence-corrected chi connectivity index (χ4v) is 3.52. The number of methoxy groups -OCH3 is 1. The number of amides is 1. The van der Waals surface area contributed by atoms with Gasteiger partial charge in [-0.25, -0.2) is 4.68 Å². The van der Waals surface area contributed by atoms with Gasteiger partial charge in [0, 0.05) is 5.69 Å². The molecule has 0 saturated carbocycles. The van der Waals surface area contributed by atoms with Crippen LogP contribution in [0.1, 0.15) is 30.9 Å². The number of carbonyl (C=O) groups is 1. The Labute approximate surface area is 182 Å². The third kappa shape index (κ3) is 4.58. The zero-order chi connectivity index (χ0) is 21.8. The molecule has 3 aromatic carbocycles. The van der Waals surface area contributed by atoms with Crippen LogP contribution in [0.2, 0.25) is 0 Å². The Balaban J connectivity index is 1.62. The molecule has 6 nitrogen and oxygen atoms in total. The van der Waals surface area contributed by atoms with E-state index in [2.05, 4.69) is 48.4 Å². The summed E-state index contributed by atoms with van der Waals surface area (Å²) in [6.07, 6.45) is 0. The van der Waals surface area contributed by atoms with Gasteiger partial charge in [0.05, 0.1) is 19.2 Å². The van der Waals surface area contributed by atoms with Gasteiger partial charge in [0.2, 0.25) is 5.91 Å². The Bertz CT molecular complexity index is 1160. The highest BCUT2D eigenvalue weighted by atomic mass is 16.5. The maximum atomic E-state index is 13.4. The lowest BCUT2D eigenvalue weighted by Gasteiger charge is -2.23. The number of carbonyl (C=O) groups excluding carboxylic acids is 1. The molecule has 0 unspecified atom stereocenters. The molecule has 0 aliphatic heterocycles. The van der Waals surface area contributed by atoms with E-state index in [0.29, 0.717) is 12.5 Å². The lowest BCUT2D eigenvalue weighted by atomic mass is 10.0. The van der Waals surface area contributed by atoms with E-state index in [1.807, 2.05) is 48.5 Å². The maximum absolute atomic E-state index is 13.4. The molecular formula is C25H26N4O2. The van der Waals surface area contributed by atoms with Gasteiger partial charge in [0.15, 0.2) is 0 Å². The van der Waals surface area contributed by atoms with E-state index in [9.17, 15) is 4.79 Å². The first kappa shape index (κ1) is 20.6. The van der Waals surface area contributed by atoms with Gasteiger partial charge in [-0.2, -0.15) is 0 Å². The number of ether oxygens (including phenoxy) is 1. The van der Waals surface area contributed by atoms with E-state index in [4.69, 9.17) is 4.74 Å². The first-order valence-corrected chi connectivity index (χ1v) is 10.4. The van der Waals surface area contributed by atoms with Crippen LogP contribution in [-0.4, -0.2) is 28.0 Å². The van der Waals surface area contributed by atoms with Crippen LogP contribution in [0.25, 0.3) is 11.0 Å². The molecule has 1 aromatic heterocycles. The summed E-state index contributed by atoms with van der Waals surface area (Å²) < 4.78 is 6.92. The monoisotopic (exact) mass is 414 g/mol. The van der Waals surface area contributed by atoms with Gasteiger partial charge in [-0.05, 0) is 53.4 Å². The van der Waals surface area contributed by atoms with Crippen molar-refractivity contribution in [1.82, 2.24) is 15.0 Å². The van der Waals surface area contributed by atoms with Crippen molar-refractivity contribution in [3.8, 4) is 5.75 Å². The zero-order valence-electron chi connectivity index (χ0n) is 18.0. The standard InChI is InChI=1S/C25H26N4O2/c1-18(2)20-10-8-19(9-11-20)16-28(21-12-14-22(31-3)15-13-21)25(30)17-29-24-7-5-4-6-23(24)26-27-29/h4-15,18H,16-17H2,1-3H3. The number of rotatable bonds is 7. The number of nitrogens with zero attached hydrogens (tertiary/aromatic N) is 4. The van der Waals surface area contributed by atoms with Crippen molar-refractivity contribution in [3.63, 3.8) is 0 Å². The number of aromatic nitrogens is 3. The van der Waals surface area contributed by atoms with Crippen molar-refractivity contribution < 1.29 is 9.53 Å². The number of hydrogen-bond donors (Lipinski definition) is 0. The number of anilines is 1. The normalized spacial score (nSPS) is 11.1. The average Bonchev–Trinajstić information content (AvgIpc) is 3.20. The lowest BCUT2D eigenvalue weighted by Crippen LogP contribution is -2.33. The van der Waals surface area contributed by atoms with E-state index in [-0.39, 0.29) is 12.5 Å². The summed E-state index contributed by atoms with van der Waals surface area (Å²) in [5.41, 5.74) is 4.77. The van der Waals surface area contributed by atoms with Crippen LogP contribution in [-0.2, 0) is 17.9 Å². The van der Waals surface area contributed by atoms with Crippen molar-refractivity contribution in [2.24, 2.45) is 0 Å². The summed E-state index contributed by atoms with van der Waals surface area (Å²) in [7, 11) is 1.63. The Morgan fingerprint density at radius 2 is 1.71 bits per heavy atom. The maximum Gasteiger partial charge on any atom is 0.249 e. The molecule has 1 heterocycles. The number of benzene rings is 3. The van der Waals surface area contributed by atoms with Crippen molar-refractivity contribution in [3.05, 3.63) is 83.9 Å². The van der Waals surface area contributed by atoms with E-state index >= 15 is 0 Å². The largest absolute Gasteiger partial charge is 0.497 e. The molecule has 4 aromatic rings. The fourth-order valence-electron chi connectivity index (χ4n) is 3.52. The first-order chi connectivity index (χ1) is 15.0. The Morgan fingerprint density at radius 1 is 1.00 bits per heavy atom. The molecule has 4 rings (SSSR count). The third-order valence-electron chi connectivity index (χ3n) is 5.38. The molecule has 158 valence electrons. The predicted molar refractivity (Wildman–Crippen MR) is 122 cm³/mol. The third-order valence-corrected chi connectivity index (χ3v) is 5.38. The second kappa shape index (κ2) is 9.00. The quantitative estimate of drug-likeness (QED) is 0.436. The summed E-state index contributed by atoms with van der Waals surface area (Å²) in [6, 6.07) is 23.6. The van der Waals surface area contributed by atoms with Crippen molar-refractivity contribution in [1.29, 1.82) is 0 Å². The van der Waals surface area contributed by atoms with Gasteiger partial charge in [0.25, 0.3) is 0 Å². The van der Waals surface area contributed by atoms with Crippen LogP contribution in [0.4, 0.5) is 5.69 Å². The molecule has 31 heavy (non-hydrogen) atoms. The Hall–Kier alpha value is -3.67. The molecule has 0 radical (unpaired) electrons. The minimum Gasteiger partial charge on any atom is -0.497 e. The summed E-state index contributed by atoms with van der Waals surface area (Å²) in [6.45, 7) is 4.92. The van der Waals surface area contributed by atoms with Gasteiger partial charge >= 0.3 is 0 Å². The van der Waals surface area contributed by atoms with Gasteiger partial charge in [0.1, 0.15) is 17.8 Å². The van der Waals surface area contributed by atoms with Gasteiger partial charge in [-0.3, -0.25) is 4.79 Å². The highest BCUT2D eigenvalue weighted by Gasteiger charge is 2.19. The fraction of sp³-hybridized carbons (Fsp3) is 0.240. The Kier molecular flexibility index (Phi) is 5.98. The molecule has 0 bridgehead atoms. The van der Waals surface area contributed by atoms with Crippen molar-refractivity contribution >= 4 is 22.6 Å². The SMILES string of the molecule is COc1ccc(N(Cc2ccc(C(C)C)cc2)C(=O)Cn2nnc3ccccc32)cc1. The Morgan fingerprint density at radius 3 is 2.39 bits per heavy atom. The molecule has 0 aliphatic rings. The topological polar surface area (TPSA) is 60.2 Å². The zero-order valence-corrected chi connectivity index (χ0v) is 18.0. The van der Waals surface area contributed by atoms with Crippen LogP contribution in [0.5, 0.6) is 5.75 Å². The van der Waals surface area contributed by atoms with E-state index in [1.54, 1.807) is 16.7 Å². The first-order valence-electron chi connectivity index (χ1n) is 10.4. The van der Waals surface area contributed by atoms with Gasteiger partial charge < -0.3 is 9.64 Å². The number of para-hydroxylation sites is 1. The summed E-state index contributed by atoms with van der Waals surface area (Å²) in [4.78, 5) is 15.2. The summed E-state index contributed by atoms with van der Waals surface area (Å²) >= 11 is 0. The van der Waals surface area contributed by atoms with E-state index < -0.39 is 0 Å². The smallest absolute Gasteiger partial charge is 0.249 e. The number of hydrogen-bond acceptors (Lipinski definition) is 4. The lowest BCUT2D eigenvalue weighted by molar-refractivity contribution is -0.119. The van der Waals surface area contributed by atoms with Crippen LogP contribution in [0.15, 0.2) is 72.8 Å². The second-order valence-corrected chi connectivity index (χ2v) is 7.81. The molecule has 0 saturated heterocycles. The highest BCUT2D eigenvalue weighted by Crippen LogP contribution is 2.23. The van der Waals surface area contributed by atoms with E-state index in [0.717, 1.165) is 28.0 Å². The van der Waals surface area contributed by atoms with Crippen molar-refractivity contribution in [2.45, 2.75) is 32.9 Å². The van der Waals surface area contributed by atoms with Crippen LogP contribution in [0, 0.1) is 0 Å². The van der Waals surface area contributed by atoms with Crippen LogP contribution >= 0.6 is 0 Å². The molecule has 1 amide bonds. The minimum atomic E-state index is -0.0613. The molecule has 0 atom stereocenters. The highest BCUT2D eigenvalue weighted by molar-refractivity contribution is 5.93. The van der Waals surface area contributed by atoms with Crippen LogP contribution < -0.4 is 9.64 Å². The summed E-state index contributed by atoms with van der Waals surface area (Å²) in [5.74, 6) is 1.16. The molecule has 0 N–H and O–H groups in total. The van der Waals surface area contributed by atoms with Crippen molar-refractivity contribution in [2.75, 3.05) is 12.0 Å². The molecule has 0 aliphatic carbocycles.